The molecule has 0 saturated heterocycles. The average Bonchev–Trinajstić information content (AvgIpc) is 2.50. The normalized spacial score (nSPS) is 10.3. The van der Waals surface area contributed by atoms with Gasteiger partial charge in [-0.15, -0.1) is 0 Å². The zero-order chi connectivity index (χ0) is 14.8. The molecule has 3 N–H and O–H groups in total. The van der Waals surface area contributed by atoms with Crippen molar-refractivity contribution in [3.63, 3.8) is 0 Å². The zero-order valence-corrected chi connectivity index (χ0v) is 11.6. The van der Waals surface area contributed by atoms with Crippen LogP contribution in [0.3, 0.4) is 0 Å². The Morgan fingerprint density at radius 3 is 2.62 bits per heavy atom. The number of rotatable bonds is 2. The number of nitrogens with two attached hydrogens (primary N) is 1. The quantitative estimate of drug-likeness (QED) is 0.698. The lowest BCUT2D eigenvalue weighted by atomic mass is 10.1. The first-order valence-electron chi connectivity index (χ1n) is 6.61. The first-order chi connectivity index (χ1) is 10.2. The molecule has 0 radical (unpaired) electrons. The van der Waals surface area contributed by atoms with Gasteiger partial charge in [0.25, 0.3) is 0 Å². The highest BCUT2D eigenvalue weighted by atomic mass is 14.9. The summed E-state index contributed by atoms with van der Waals surface area (Å²) in [6, 6.07) is 17.4. The highest BCUT2D eigenvalue weighted by Gasteiger charge is 2.07. The van der Waals surface area contributed by atoms with E-state index in [1.807, 2.05) is 43.3 Å². The minimum atomic E-state index is 0.449. The predicted molar refractivity (Wildman–Crippen MR) is 85.3 cm³/mol. The van der Waals surface area contributed by atoms with Gasteiger partial charge in [-0.3, -0.25) is 4.98 Å². The van der Waals surface area contributed by atoms with Gasteiger partial charge in [0.05, 0.1) is 28.1 Å². The second-order valence-electron chi connectivity index (χ2n) is 4.83. The molecular formula is C17H14N4. The fourth-order valence-electron chi connectivity index (χ4n) is 2.26. The molecule has 0 fully saturated rings. The maximum absolute atomic E-state index is 9.05. The van der Waals surface area contributed by atoms with Crippen LogP contribution in [0.5, 0.6) is 0 Å². The Morgan fingerprint density at radius 2 is 1.81 bits per heavy atom. The largest absolute Gasteiger partial charge is 0.396 e. The molecule has 3 aromatic rings. The van der Waals surface area contributed by atoms with Crippen LogP contribution in [-0.4, -0.2) is 4.98 Å². The van der Waals surface area contributed by atoms with Crippen LogP contribution in [0.2, 0.25) is 0 Å². The van der Waals surface area contributed by atoms with Gasteiger partial charge in [0.1, 0.15) is 6.07 Å². The zero-order valence-electron chi connectivity index (χ0n) is 11.6. The van der Waals surface area contributed by atoms with Crippen molar-refractivity contribution in [2.75, 3.05) is 11.1 Å². The summed E-state index contributed by atoms with van der Waals surface area (Å²) in [5.74, 6) is 0. The van der Waals surface area contributed by atoms with Gasteiger partial charge in [-0.05, 0) is 31.2 Å². The van der Waals surface area contributed by atoms with E-state index in [9.17, 15) is 0 Å². The smallest absolute Gasteiger partial charge is 0.101 e. The Bertz CT molecular complexity index is 862. The molecule has 1 aromatic heterocycles. The molecule has 4 heteroatoms. The van der Waals surface area contributed by atoms with Crippen molar-refractivity contribution in [3.8, 4) is 6.07 Å². The van der Waals surface area contributed by atoms with Gasteiger partial charge in [0.2, 0.25) is 0 Å². The summed E-state index contributed by atoms with van der Waals surface area (Å²) in [7, 11) is 0. The van der Waals surface area contributed by atoms with E-state index in [0.717, 1.165) is 22.3 Å². The van der Waals surface area contributed by atoms with E-state index >= 15 is 0 Å². The lowest BCUT2D eigenvalue weighted by molar-refractivity contribution is 1.25. The van der Waals surface area contributed by atoms with Crippen LogP contribution in [0.1, 0.15) is 11.3 Å². The van der Waals surface area contributed by atoms with Crippen LogP contribution in [0.25, 0.3) is 10.9 Å². The molecule has 0 aliphatic rings. The minimum Gasteiger partial charge on any atom is -0.396 e. The number of pyridine rings is 1. The van der Waals surface area contributed by atoms with Gasteiger partial charge >= 0.3 is 0 Å². The molecule has 1 heterocycles. The molecule has 0 saturated carbocycles. The lowest BCUT2D eigenvalue weighted by Crippen LogP contribution is -2.00. The number of benzene rings is 2. The van der Waals surface area contributed by atoms with Crippen molar-refractivity contribution in [2.24, 2.45) is 0 Å². The summed E-state index contributed by atoms with van der Waals surface area (Å²) < 4.78 is 0. The maximum atomic E-state index is 9.05. The average molecular weight is 274 g/mol. The number of para-hydroxylation sites is 2. The second-order valence-corrected chi connectivity index (χ2v) is 4.83. The Balaban J connectivity index is 2.11. The van der Waals surface area contributed by atoms with E-state index in [-0.39, 0.29) is 0 Å². The molecule has 4 nitrogen and oxygen atoms in total. The Morgan fingerprint density at radius 1 is 1.05 bits per heavy atom. The molecular weight excluding hydrogens is 260 g/mol. The molecule has 0 amide bonds. The molecule has 3 rings (SSSR count). The summed E-state index contributed by atoms with van der Waals surface area (Å²) >= 11 is 0. The third-order valence-corrected chi connectivity index (χ3v) is 3.36. The van der Waals surface area contributed by atoms with Crippen molar-refractivity contribution in [3.05, 3.63) is 59.8 Å². The van der Waals surface area contributed by atoms with Crippen LogP contribution >= 0.6 is 0 Å². The van der Waals surface area contributed by atoms with E-state index in [2.05, 4.69) is 16.4 Å². The fourth-order valence-corrected chi connectivity index (χ4v) is 2.26. The summed E-state index contributed by atoms with van der Waals surface area (Å²) in [6.45, 7) is 1.96. The van der Waals surface area contributed by atoms with Gasteiger partial charge in [0, 0.05) is 11.1 Å². The van der Waals surface area contributed by atoms with Gasteiger partial charge in [-0.25, -0.2) is 0 Å². The molecule has 21 heavy (non-hydrogen) atoms. The second kappa shape index (κ2) is 5.14. The number of aryl methyl sites for hydroxylation is 1. The van der Waals surface area contributed by atoms with E-state index in [0.29, 0.717) is 16.9 Å². The van der Waals surface area contributed by atoms with Gasteiger partial charge in [-0.2, -0.15) is 5.26 Å². The van der Waals surface area contributed by atoms with Crippen LogP contribution in [0, 0.1) is 18.3 Å². The van der Waals surface area contributed by atoms with E-state index < -0.39 is 0 Å². The molecule has 0 unspecified atom stereocenters. The van der Waals surface area contributed by atoms with Crippen molar-refractivity contribution in [2.45, 2.75) is 6.92 Å². The fraction of sp³-hybridized carbons (Fsp3) is 0.0588. The number of hydrogen-bond acceptors (Lipinski definition) is 4. The van der Waals surface area contributed by atoms with Gasteiger partial charge in [0.15, 0.2) is 0 Å². The third kappa shape index (κ3) is 2.37. The lowest BCUT2D eigenvalue weighted by Gasteiger charge is -2.12. The van der Waals surface area contributed by atoms with Gasteiger partial charge < -0.3 is 11.1 Å². The highest BCUT2D eigenvalue weighted by Crippen LogP contribution is 2.29. The van der Waals surface area contributed by atoms with Crippen molar-refractivity contribution < 1.29 is 0 Å². The SMILES string of the molecule is Cc1ccc2cccc(Nc3cccc(C#N)c3N)c2n1. The first-order valence-corrected chi connectivity index (χ1v) is 6.61. The number of hydrogen-bond donors (Lipinski definition) is 2. The van der Waals surface area contributed by atoms with E-state index in [4.69, 9.17) is 11.0 Å². The Hall–Kier alpha value is -3.06. The molecule has 0 spiro atoms. The van der Waals surface area contributed by atoms with E-state index in [1.54, 1.807) is 12.1 Å². The standard InChI is InChI=1S/C17H14N4/c1-11-8-9-12-4-2-7-15(17(12)20-11)21-14-6-3-5-13(10-18)16(14)19/h2-9,21H,19H2,1H3. The van der Waals surface area contributed by atoms with Gasteiger partial charge in [-0.1, -0.05) is 24.3 Å². The van der Waals surface area contributed by atoms with Crippen LogP contribution in [0.4, 0.5) is 17.1 Å². The number of nitriles is 1. The monoisotopic (exact) mass is 274 g/mol. The summed E-state index contributed by atoms with van der Waals surface area (Å²) in [6.07, 6.45) is 0. The molecule has 0 aliphatic carbocycles. The maximum Gasteiger partial charge on any atom is 0.101 e. The first kappa shape index (κ1) is 12.9. The molecule has 0 bridgehead atoms. The number of aromatic nitrogens is 1. The Labute approximate surface area is 122 Å². The van der Waals surface area contributed by atoms with Crippen LogP contribution in [0.15, 0.2) is 48.5 Å². The minimum absolute atomic E-state index is 0.449. The van der Waals surface area contributed by atoms with E-state index in [1.165, 1.54) is 0 Å². The molecule has 0 atom stereocenters. The number of fused-ring (bicyclic) bond motifs is 1. The number of nitrogen functional groups attached to an aromatic ring is 1. The summed E-state index contributed by atoms with van der Waals surface area (Å²) in [5, 5.41) is 13.4. The predicted octanol–water partition coefficient (Wildman–Crippen LogP) is 3.74. The van der Waals surface area contributed by atoms with Crippen molar-refractivity contribution in [1.29, 1.82) is 5.26 Å². The molecule has 2 aromatic carbocycles. The summed E-state index contributed by atoms with van der Waals surface area (Å²) in [5.41, 5.74) is 10.3. The highest BCUT2D eigenvalue weighted by molar-refractivity contribution is 5.93. The molecule has 102 valence electrons. The molecule has 0 aliphatic heterocycles. The van der Waals surface area contributed by atoms with Crippen molar-refractivity contribution in [1.82, 2.24) is 4.98 Å². The number of nitrogens with one attached hydrogen (secondary N) is 1. The Kier molecular flexibility index (Phi) is 3.17. The van der Waals surface area contributed by atoms with Crippen molar-refractivity contribution >= 4 is 28.0 Å². The van der Waals surface area contributed by atoms with Crippen LogP contribution in [-0.2, 0) is 0 Å². The number of anilines is 3. The number of nitrogens with zero attached hydrogens (tertiary/aromatic N) is 2. The third-order valence-electron chi connectivity index (χ3n) is 3.36. The topological polar surface area (TPSA) is 74.7 Å². The van der Waals surface area contributed by atoms with Crippen LogP contribution < -0.4 is 11.1 Å². The summed E-state index contributed by atoms with van der Waals surface area (Å²) in [4.78, 5) is 4.58.